The van der Waals surface area contributed by atoms with Crippen molar-refractivity contribution in [2.45, 2.75) is 11.4 Å². The highest BCUT2D eigenvalue weighted by molar-refractivity contribution is 7.90. The van der Waals surface area contributed by atoms with Crippen LogP contribution in [0.4, 0.5) is 5.69 Å². The molecule has 0 spiro atoms. The lowest BCUT2D eigenvalue weighted by Crippen LogP contribution is -2.05. The zero-order chi connectivity index (χ0) is 14.9. The van der Waals surface area contributed by atoms with Gasteiger partial charge in [-0.3, -0.25) is 0 Å². The first-order chi connectivity index (χ1) is 10.1. The van der Waals surface area contributed by atoms with Crippen LogP contribution in [0.5, 0.6) is 0 Å². The Bertz CT molecular complexity index is 882. The second-order valence-corrected chi connectivity index (χ2v) is 7.77. The smallest absolute Gasteiger partial charge is 0.177 e. The monoisotopic (exact) mass is 317 g/mol. The van der Waals surface area contributed by atoms with Gasteiger partial charge in [0.05, 0.1) is 10.6 Å². The Hall–Kier alpha value is -1.85. The van der Waals surface area contributed by atoms with E-state index in [9.17, 15) is 8.42 Å². The molecule has 0 amide bonds. The minimum atomic E-state index is -3.23. The fourth-order valence-corrected chi connectivity index (χ4v) is 4.12. The summed E-state index contributed by atoms with van der Waals surface area (Å²) < 4.78 is 24.8. The molecule has 0 bridgehead atoms. The van der Waals surface area contributed by atoms with E-state index in [1.165, 1.54) is 21.9 Å². The third-order valence-electron chi connectivity index (χ3n) is 3.32. The molecule has 1 aromatic heterocycles. The van der Waals surface area contributed by atoms with E-state index in [0.717, 1.165) is 0 Å². The van der Waals surface area contributed by atoms with Crippen LogP contribution in [0.15, 0.2) is 58.8 Å². The zero-order valence-corrected chi connectivity index (χ0v) is 13.2. The molecule has 21 heavy (non-hydrogen) atoms. The van der Waals surface area contributed by atoms with Crippen LogP contribution in [0, 0.1) is 0 Å². The van der Waals surface area contributed by atoms with Crippen molar-refractivity contribution in [2.24, 2.45) is 0 Å². The standard InChI is InChI=1S/C16H15NO2S2/c1-21(18,19)16-9-5-3-7-14(16)17-10-12-11-20-15-8-4-2-6-13(12)15/h2-9,11,17H,10H2,1H3. The average Bonchev–Trinajstić information content (AvgIpc) is 2.88. The van der Waals surface area contributed by atoms with Crippen LogP contribution in [-0.4, -0.2) is 14.7 Å². The van der Waals surface area contributed by atoms with Crippen LogP contribution in [-0.2, 0) is 16.4 Å². The number of rotatable bonds is 4. The van der Waals surface area contributed by atoms with Gasteiger partial charge in [0, 0.05) is 17.5 Å². The molecule has 0 saturated heterocycles. The van der Waals surface area contributed by atoms with Gasteiger partial charge in [0.2, 0.25) is 0 Å². The second kappa shape index (κ2) is 5.50. The average molecular weight is 317 g/mol. The Morgan fingerprint density at radius 2 is 1.76 bits per heavy atom. The Labute approximate surface area is 128 Å². The highest BCUT2D eigenvalue weighted by Crippen LogP contribution is 2.27. The van der Waals surface area contributed by atoms with Crippen LogP contribution in [0.1, 0.15) is 5.56 Å². The van der Waals surface area contributed by atoms with Crippen LogP contribution in [0.25, 0.3) is 10.1 Å². The maximum atomic E-state index is 11.8. The molecule has 0 atom stereocenters. The van der Waals surface area contributed by atoms with E-state index >= 15 is 0 Å². The van der Waals surface area contributed by atoms with Gasteiger partial charge in [-0.15, -0.1) is 11.3 Å². The molecule has 108 valence electrons. The number of thiophene rings is 1. The third-order valence-corrected chi connectivity index (χ3v) is 5.48. The summed E-state index contributed by atoms with van der Waals surface area (Å²) in [5.41, 5.74) is 1.83. The van der Waals surface area contributed by atoms with Gasteiger partial charge < -0.3 is 5.32 Å². The topological polar surface area (TPSA) is 46.2 Å². The lowest BCUT2D eigenvalue weighted by atomic mass is 10.2. The first-order valence-electron chi connectivity index (χ1n) is 6.54. The lowest BCUT2D eigenvalue weighted by Gasteiger charge is -2.10. The van der Waals surface area contributed by atoms with E-state index in [2.05, 4.69) is 22.8 Å². The number of anilines is 1. The van der Waals surface area contributed by atoms with Crippen LogP contribution in [0.2, 0.25) is 0 Å². The molecular formula is C16H15NO2S2. The summed E-state index contributed by atoms with van der Waals surface area (Å²) in [4.78, 5) is 0.338. The molecule has 1 N–H and O–H groups in total. The molecule has 0 radical (unpaired) electrons. The van der Waals surface area contributed by atoms with Gasteiger partial charge in [0.15, 0.2) is 9.84 Å². The molecule has 0 saturated carbocycles. The molecular weight excluding hydrogens is 302 g/mol. The van der Waals surface area contributed by atoms with E-state index < -0.39 is 9.84 Å². The van der Waals surface area contributed by atoms with Gasteiger partial charge in [0.1, 0.15) is 0 Å². The highest BCUT2D eigenvalue weighted by Gasteiger charge is 2.12. The largest absolute Gasteiger partial charge is 0.380 e. The van der Waals surface area contributed by atoms with E-state index in [1.54, 1.807) is 29.5 Å². The number of fused-ring (bicyclic) bond motifs is 1. The molecule has 5 heteroatoms. The van der Waals surface area contributed by atoms with Gasteiger partial charge in [-0.1, -0.05) is 30.3 Å². The summed E-state index contributed by atoms with van der Waals surface area (Å²) >= 11 is 1.70. The van der Waals surface area contributed by atoms with Gasteiger partial charge in [0.25, 0.3) is 0 Å². The summed E-state index contributed by atoms with van der Waals surface area (Å²) in [6, 6.07) is 15.2. The third kappa shape index (κ3) is 2.94. The van der Waals surface area contributed by atoms with E-state index in [1.807, 2.05) is 18.2 Å². The van der Waals surface area contributed by atoms with Crippen molar-refractivity contribution < 1.29 is 8.42 Å². The molecule has 3 aromatic rings. The van der Waals surface area contributed by atoms with E-state index in [0.29, 0.717) is 17.1 Å². The minimum Gasteiger partial charge on any atom is -0.380 e. The van der Waals surface area contributed by atoms with Crippen LogP contribution in [0.3, 0.4) is 0 Å². The first-order valence-corrected chi connectivity index (χ1v) is 9.31. The number of nitrogens with one attached hydrogen (secondary N) is 1. The van der Waals surface area contributed by atoms with Crippen molar-refractivity contribution in [3.05, 3.63) is 59.5 Å². The maximum absolute atomic E-state index is 11.8. The Kier molecular flexibility index (Phi) is 3.69. The van der Waals surface area contributed by atoms with Crippen LogP contribution < -0.4 is 5.32 Å². The normalized spacial score (nSPS) is 11.7. The Morgan fingerprint density at radius 3 is 2.57 bits per heavy atom. The molecule has 0 unspecified atom stereocenters. The molecule has 0 fully saturated rings. The van der Waals surface area contributed by atoms with E-state index in [-0.39, 0.29) is 0 Å². The van der Waals surface area contributed by atoms with Gasteiger partial charge in [-0.2, -0.15) is 0 Å². The van der Waals surface area contributed by atoms with Gasteiger partial charge in [-0.25, -0.2) is 8.42 Å². The summed E-state index contributed by atoms with van der Waals surface area (Å²) in [6.45, 7) is 0.608. The van der Waals surface area contributed by atoms with Crippen molar-refractivity contribution in [3.63, 3.8) is 0 Å². The quantitative estimate of drug-likeness (QED) is 0.793. The Morgan fingerprint density at radius 1 is 1.05 bits per heavy atom. The van der Waals surface area contributed by atoms with Crippen molar-refractivity contribution in [3.8, 4) is 0 Å². The number of para-hydroxylation sites is 1. The summed E-state index contributed by atoms with van der Waals surface area (Å²) in [5.74, 6) is 0. The molecule has 0 aliphatic rings. The molecule has 2 aromatic carbocycles. The predicted octanol–water partition coefficient (Wildman–Crippen LogP) is 3.92. The number of hydrogen-bond acceptors (Lipinski definition) is 4. The maximum Gasteiger partial charge on any atom is 0.177 e. The Balaban J connectivity index is 1.89. The lowest BCUT2D eigenvalue weighted by molar-refractivity contribution is 0.602. The van der Waals surface area contributed by atoms with E-state index in [4.69, 9.17) is 0 Å². The molecule has 3 rings (SSSR count). The van der Waals surface area contributed by atoms with Gasteiger partial charge >= 0.3 is 0 Å². The molecule has 3 nitrogen and oxygen atoms in total. The molecule has 0 aliphatic heterocycles. The minimum absolute atomic E-state index is 0.338. The second-order valence-electron chi connectivity index (χ2n) is 4.88. The van der Waals surface area contributed by atoms with Crippen molar-refractivity contribution in [2.75, 3.05) is 11.6 Å². The fraction of sp³-hybridized carbons (Fsp3) is 0.125. The highest BCUT2D eigenvalue weighted by atomic mass is 32.2. The number of sulfone groups is 1. The molecule has 1 heterocycles. The van der Waals surface area contributed by atoms with Crippen molar-refractivity contribution >= 4 is 36.9 Å². The SMILES string of the molecule is CS(=O)(=O)c1ccccc1NCc1csc2ccccc12. The number of hydrogen-bond donors (Lipinski definition) is 1. The molecule has 0 aliphatic carbocycles. The number of benzene rings is 2. The fourth-order valence-electron chi connectivity index (χ4n) is 2.30. The van der Waals surface area contributed by atoms with Crippen molar-refractivity contribution in [1.29, 1.82) is 0 Å². The van der Waals surface area contributed by atoms with Crippen molar-refractivity contribution in [1.82, 2.24) is 0 Å². The summed E-state index contributed by atoms with van der Waals surface area (Å²) in [5, 5.41) is 6.57. The first kappa shape index (κ1) is 14.1. The van der Waals surface area contributed by atoms with Crippen LogP contribution >= 0.6 is 11.3 Å². The zero-order valence-electron chi connectivity index (χ0n) is 11.5. The summed E-state index contributed by atoms with van der Waals surface area (Å²) in [6.07, 6.45) is 1.23. The predicted molar refractivity (Wildman–Crippen MR) is 88.7 cm³/mol. The van der Waals surface area contributed by atoms with Gasteiger partial charge in [-0.05, 0) is 34.5 Å². The summed E-state index contributed by atoms with van der Waals surface area (Å²) in [7, 11) is -3.23.